The monoisotopic (exact) mass is 285 g/mol. The highest BCUT2D eigenvalue weighted by molar-refractivity contribution is 7.90. The van der Waals surface area contributed by atoms with Crippen LogP contribution in [0.1, 0.15) is 5.56 Å². The number of azide groups is 1. The van der Waals surface area contributed by atoms with Crippen LogP contribution in [0.5, 0.6) is 0 Å². The fourth-order valence-electron chi connectivity index (χ4n) is 0.977. The molecule has 0 spiro atoms. The molecule has 0 aromatic heterocycles. The van der Waals surface area contributed by atoms with Crippen LogP contribution in [0.3, 0.4) is 0 Å². The molecule has 0 N–H and O–H groups in total. The van der Waals surface area contributed by atoms with Crippen LogP contribution in [0.15, 0.2) is 27.6 Å². The molecule has 1 aromatic carbocycles. The normalized spacial score (nSPS) is 12.0. The van der Waals surface area contributed by atoms with E-state index in [1.54, 1.807) is 0 Å². The van der Waals surface area contributed by atoms with Crippen LogP contribution in [0.4, 0.5) is 13.2 Å². The summed E-state index contributed by atoms with van der Waals surface area (Å²) in [6.07, 6.45) is -4.79. The molecular formula is C7H3ClF3N3O2S. The van der Waals surface area contributed by atoms with Crippen molar-refractivity contribution in [3.8, 4) is 0 Å². The SMILES string of the molecule is [N-]=[N+]=NS(=O)(=O)c1ccc(Cl)c(C(F)(F)F)c1. The predicted molar refractivity (Wildman–Crippen MR) is 52.8 cm³/mol. The molecule has 0 saturated heterocycles. The number of benzene rings is 1. The fourth-order valence-corrected chi connectivity index (χ4v) is 1.90. The molecule has 0 aliphatic heterocycles. The Hall–Kier alpha value is -1.44. The first kappa shape index (κ1) is 13.6. The highest BCUT2D eigenvalue weighted by Crippen LogP contribution is 2.36. The van der Waals surface area contributed by atoms with Crippen molar-refractivity contribution in [3.05, 3.63) is 39.2 Å². The summed E-state index contributed by atoms with van der Waals surface area (Å²) in [6, 6.07) is 1.90. The van der Waals surface area contributed by atoms with E-state index in [2.05, 4.69) is 4.52 Å². The number of rotatable bonds is 2. The summed E-state index contributed by atoms with van der Waals surface area (Å²) in [5.74, 6) is 0. The van der Waals surface area contributed by atoms with Crippen molar-refractivity contribution in [1.82, 2.24) is 0 Å². The molecule has 92 valence electrons. The molecule has 0 fully saturated rings. The molecule has 0 atom stereocenters. The number of sulfonamides is 1. The molecule has 10 heteroatoms. The van der Waals surface area contributed by atoms with Gasteiger partial charge < -0.3 is 0 Å². The van der Waals surface area contributed by atoms with Crippen LogP contribution in [-0.2, 0) is 16.2 Å². The Morgan fingerprint density at radius 3 is 2.41 bits per heavy atom. The van der Waals surface area contributed by atoms with Crippen molar-refractivity contribution in [2.75, 3.05) is 0 Å². The van der Waals surface area contributed by atoms with Crippen molar-refractivity contribution >= 4 is 21.6 Å². The average molecular weight is 286 g/mol. The molecule has 1 aromatic rings. The van der Waals surface area contributed by atoms with E-state index >= 15 is 0 Å². The van der Waals surface area contributed by atoms with Crippen LogP contribution in [0, 0.1) is 0 Å². The van der Waals surface area contributed by atoms with Gasteiger partial charge in [-0.1, -0.05) is 11.6 Å². The second-order valence-corrected chi connectivity index (χ2v) is 4.78. The summed E-state index contributed by atoms with van der Waals surface area (Å²) >= 11 is 5.29. The molecule has 0 unspecified atom stereocenters. The van der Waals surface area contributed by atoms with Crippen molar-refractivity contribution in [3.63, 3.8) is 0 Å². The Morgan fingerprint density at radius 2 is 1.94 bits per heavy atom. The quantitative estimate of drug-likeness (QED) is 0.474. The Kier molecular flexibility index (Phi) is 3.56. The lowest BCUT2D eigenvalue weighted by atomic mass is 10.2. The molecule has 0 amide bonds. The van der Waals surface area contributed by atoms with Gasteiger partial charge in [0.15, 0.2) is 0 Å². The van der Waals surface area contributed by atoms with Crippen molar-refractivity contribution in [2.24, 2.45) is 4.52 Å². The lowest BCUT2D eigenvalue weighted by Crippen LogP contribution is -2.07. The van der Waals surface area contributed by atoms with Gasteiger partial charge in [-0.2, -0.15) is 13.2 Å². The van der Waals surface area contributed by atoms with Crippen LogP contribution in [-0.4, -0.2) is 8.42 Å². The Labute approximate surface area is 98.5 Å². The third-order valence-corrected chi connectivity index (χ3v) is 3.15. The molecular weight excluding hydrogens is 283 g/mol. The minimum Gasteiger partial charge on any atom is -0.216 e. The van der Waals surface area contributed by atoms with E-state index in [-0.39, 0.29) is 0 Å². The van der Waals surface area contributed by atoms with Crippen LogP contribution >= 0.6 is 11.6 Å². The van der Waals surface area contributed by atoms with Gasteiger partial charge in [0.05, 0.1) is 15.5 Å². The summed E-state index contributed by atoms with van der Waals surface area (Å²) in [6.45, 7) is 0. The molecule has 5 nitrogen and oxygen atoms in total. The third kappa shape index (κ3) is 3.02. The second-order valence-electron chi connectivity index (χ2n) is 2.79. The second kappa shape index (κ2) is 4.44. The average Bonchev–Trinajstić information content (AvgIpc) is 2.15. The Balaban J connectivity index is 3.47. The smallest absolute Gasteiger partial charge is 0.216 e. The van der Waals surface area contributed by atoms with E-state index in [9.17, 15) is 21.6 Å². The topological polar surface area (TPSA) is 82.9 Å². The fraction of sp³-hybridized carbons (Fsp3) is 0.143. The van der Waals surface area contributed by atoms with Crippen LogP contribution < -0.4 is 0 Å². The van der Waals surface area contributed by atoms with Crippen LogP contribution in [0.2, 0.25) is 5.02 Å². The van der Waals surface area contributed by atoms with Gasteiger partial charge in [-0.25, -0.2) is 8.42 Å². The standard InChI is InChI=1S/C7H3ClF3N3O2S/c8-6-2-1-4(17(15,16)14-13-12)3-5(6)7(9,10)11/h1-3H. The van der Waals surface area contributed by atoms with E-state index in [1.807, 2.05) is 4.91 Å². The molecule has 0 bridgehead atoms. The van der Waals surface area contributed by atoms with Crippen molar-refractivity contribution < 1.29 is 21.6 Å². The molecule has 0 saturated carbocycles. The van der Waals surface area contributed by atoms with E-state index in [4.69, 9.17) is 17.1 Å². The van der Waals surface area contributed by atoms with E-state index in [0.717, 1.165) is 12.1 Å². The number of alkyl halides is 3. The molecule has 1 rings (SSSR count). The summed E-state index contributed by atoms with van der Waals surface area (Å²) in [4.78, 5) is 1.25. The number of hydrogen-bond donors (Lipinski definition) is 0. The van der Waals surface area contributed by atoms with Gasteiger partial charge in [0, 0.05) is 9.43 Å². The zero-order valence-electron chi connectivity index (χ0n) is 7.81. The first-order chi connectivity index (χ1) is 7.68. The number of nitrogens with zero attached hydrogens (tertiary/aromatic N) is 3. The summed E-state index contributed by atoms with van der Waals surface area (Å²) < 4.78 is 62.1. The van der Waals surface area contributed by atoms with Crippen LogP contribution in [0.25, 0.3) is 10.4 Å². The minimum absolute atomic E-state index is 0.312. The van der Waals surface area contributed by atoms with Crippen molar-refractivity contribution in [2.45, 2.75) is 11.1 Å². The largest absolute Gasteiger partial charge is 0.417 e. The van der Waals surface area contributed by atoms with Gasteiger partial charge in [0.1, 0.15) is 0 Å². The van der Waals surface area contributed by atoms with Gasteiger partial charge in [-0.3, -0.25) is 0 Å². The summed E-state index contributed by atoms with van der Waals surface area (Å²) in [5.41, 5.74) is 6.67. The molecule has 0 aliphatic rings. The van der Waals surface area contributed by atoms with Gasteiger partial charge in [0.25, 0.3) is 10.0 Å². The highest BCUT2D eigenvalue weighted by Gasteiger charge is 2.34. The first-order valence-corrected chi connectivity index (χ1v) is 5.68. The van der Waals surface area contributed by atoms with Gasteiger partial charge in [-0.05, 0) is 23.7 Å². The summed E-state index contributed by atoms with van der Waals surface area (Å²) in [7, 11) is -4.46. The molecule has 17 heavy (non-hydrogen) atoms. The van der Waals surface area contributed by atoms with Gasteiger partial charge >= 0.3 is 6.18 Å². The Morgan fingerprint density at radius 1 is 1.35 bits per heavy atom. The van der Waals surface area contributed by atoms with E-state index in [0.29, 0.717) is 6.07 Å². The zero-order chi connectivity index (χ0) is 13.3. The first-order valence-electron chi connectivity index (χ1n) is 3.86. The van der Waals surface area contributed by atoms with E-state index < -0.39 is 31.7 Å². The number of hydrogen-bond acceptors (Lipinski definition) is 2. The predicted octanol–water partition coefficient (Wildman–Crippen LogP) is 3.36. The minimum atomic E-state index is -4.79. The summed E-state index contributed by atoms with van der Waals surface area (Å²) in [5, 5.41) is -0.641. The molecule has 0 heterocycles. The molecule has 0 radical (unpaired) electrons. The van der Waals surface area contributed by atoms with Gasteiger partial charge in [0.2, 0.25) is 0 Å². The lowest BCUT2D eigenvalue weighted by Gasteiger charge is -2.09. The third-order valence-electron chi connectivity index (χ3n) is 1.69. The Bertz CT molecular complexity index is 593. The zero-order valence-corrected chi connectivity index (χ0v) is 9.38. The maximum atomic E-state index is 12.4. The van der Waals surface area contributed by atoms with Crippen molar-refractivity contribution in [1.29, 1.82) is 0 Å². The molecule has 0 aliphatic carbocycles. The maximum Gasteiger partial charge on any atom is 0.417 e. The van der Waals surface area contributed by atoms with Gasteiger partial charge in [-0.15, -0.1) is 0 Å². The highest BCUT2D eigenvalue weighted by atomic mass is 35.5. The lowest BCUT2D eigenvalue weighted by molar-refractivity contribution is -0.137. The maximum absolute atomic E-state index is 12.4. The number of halogens is 4. The van der Waals surface area contributed by atoms with E-state index in [1.165, 1.54) is 0 Å².